The lowest BCUT2D eigenvalue weighted by atomic mass is 9.93. The van der Waals surface area contributed by atoms with Crippen molar-refractivity contribution in [1.29, 1.82) is 0 Å². The van der Waals surface area contributed by atoms with E-state index in [1.54, 1.807) is 13.8 Å². The number of nitrogens with two attached hydrogens (primary N) is 1. The van der Waals surface area contributed by atoms with Crippen LogP contribution in [0.15, 0.2) is 11.0 Å². The summed E-state index contributed by atoms with van der Waals surface area (Å²) in [6, 6.07) is 0. The average Bonchev–Trinajstić information content (AvgIpc) is 2.42. The van der Waals surface area contributed by atoms with Crippen LogP contribution in [0.3, 0.4) is 0 Å². The van der Waals surface area contributed by atoms with Crippen molar-refractivity contribution in [3.63, 3.8) is 0 Å². The molecule has 0 aromatic carbocycles. The number of halogens is 1. The molecule has 0 bridgehead atoms. The maximum atomic E-state index is 11.9. The Balaban J connectivity index is 2.93. The topological polar surface area (TPSA) is 116 Å². The van der Waals surface area contributed by atoms with Gasteiger partial charge in [0.05, 0.1) is 24.4 Å². The monoisotopic (exact) mass is 316 g/mol. The van der Waals surface area contributed by atoms with Crippen LogP contribution in [0.1, 0.15) is 13.8 Å². The highest BCUT2D eigenvalue weighted by Crippen LogP contribution is 2.19. The molecule has 1 rings (SSSR count). The zero-order chi connectivity index (χ0) is 16.2. The molecule has 0 fully saturated rings. The third kappa shape index (κ3) is 4.19. The first-order valence-corrected chi connectivity index (χ1v) is 6.43. The molecule has 9 heteroatoms. The van der Waals surface area contributed by atoms with Gasteiger partial charge in [-0.2, -0.15) is 5.10 Å². The Morgan fingerprint density at radius 1 is 1.52 bits per heavy atom. The van der Waals surface area contributed by atoms with Crippen LogP contribution in [0.25, 0.3) is 0 Å². The molecule has 3 N–H and O–H groups in total. The first kappa shape index (κ1) is 17.0. The lowest BCUT2D eigenvalue weighted by molar-refractivity contribution is -0.141. The SMILES string of the molecule is COC(=O)Cn1ncc(NCC(C)(C)C(N)=O)c(Cl)c1=O. The number of primary amides is 1. The van der Waals surface area contributed by atoms with E-state index in [1.807, 2.05) is 0 Å². The smallest absolute Gasteiger partial charge is 0.327 e. The molecular weight excluding hydrogens is 300 g/mol. The molecule has 0 saturated heterocycles. The second kappa shape index (κ2) is 6.57. The Morgan fingerprint density at radius 3 is 2.67 bits per heavy atom. The van der Waals surface area contributed by atoms with Gasteiger partial charge in [0.15, 0.2) is 0 Å². The molecule has 0 radical (unpaired) electrons. The molecule has 8 nitrogen and oxygen atoms in total. The van der Waals surface area contributed by atoms with Gasteiger partial charge in [-0.05, 0) is 13.8 Å². The third-order valence-electron chi connectivity index (χ3n) is 2.88. The predicted octanol–water partition coefficient (Wildman–Crippen LogP) is -0.00690. The Labute approximate surface area is 126 Å². The number of esters is 1. The van der Waals surface area contributed by atoms with E-state index >= 15 is 0 Å². The average molecular weight is 317 g/mol. The fraction of sp³-hybridized carbons (Fsp3) is 0.500. The second-order valence-electron chi connectivity index (χ2n) is 5.01. The van der Waals surface area contributed by atoms with Crippen molar-refractivity contribution in [2.24, 2.45) is 11.1 Å². The summed E-state index contributed by atoms with van der Waals surface area (Å²) in [4.78, 5) is 34.3. The van der Waals surface area contributed by atoms with Crippen LogP contribution in [-0.2, 0) is 20.9 Å². The van der Waals surface area contributed by atoms with Gasteiger partial charge >= 0.3 is 5.97 Å². The summed E-state index contributed by atoms with van der Waals surface area (Å²) in [5, 5.41) is 6.53. The zero-order valence-corrected chi connectivity index (χ0v) is 12.7. The van der Waals surface area contributed by atoms with E-state index in [9.17, 15) is 14.4 Å². The number of hydrogen-bond acceptors (Lipinski definition) is 6. The standard InChI is InChI=1S/C12H17ClN4O4/c1-12(2,11(14)20)6-15-7-4-16-17(5-8(18)21-3)10(19)9(7)13/h4,15H,5-6H2,1-3H3,(H2,14,20). The minimum atomic E-state index is -0.815. The van der Waals surface area contributed by atoms with Crippen LogP contribution >= 0.6 is 11.6 Å². The molecule has 0 aliphatic carbocycles. The number of carbonyl (C=O) groups excluding carboxylic acids is 2. The normalized spacial score (nSPS) is 11.0. The van der Waals surface area contributed by atoms with E-state index in [4.69, 9.17) is 17.3 Å². The van der Waals surface area contributed by atoms with Crippen molar-refractivity contribution in [2.75, 3.05) is 19.0 Å². The van der Waals surface area contributed by atoms with Crippen molar-refractivity contribution in [2.45, 2.75) is 20.4 Å². The highest BCUT2D eigenvalue weighted by molar-refractivity contribution is 6.32. The second-order valence-corrected chi connectivity index (χ2v) is 5.39. The summed E-state index contributed by atoms with van der Waals surface area (Å²) in [5.41, 5.74) is 4.06. The van der Waals surface area contributed by atoms with Crippen LogP contribution in [0, 0.1) is 5.41 Å². The van der Waals surface area contributed by atoms with Gasteiger partial charge < -0.3 is 15.8 Å². The number of aromatic nitrogens is 2. The van der Waals surface area contributed by atoms with Crippen molar-refractivity contribution in [1.82, 2.24) is 9.78 Å². The molecule has 0 saturated carbocycles. The fourth-order valence-electron chi connectivity index (χ4n) is 1.29. The van der Waals surface area contributed by atoms with Gasteiger partial charge in [0.2, 0.25) is 5.91 Å². The van der Waals surface area contributed by atoms with Crippen LogP contribution in [0.4, 0.5) is 5.69 Å². The number of ether oxygens (including phenoxy) is 1. The summed E-state index contributed by atoms with van der Waals surface area (Å²) in [6.45, 7) is 3.16. The van der Waals surface area contributed by atoms with Crippen molar-refractivity contribution in [3.05, 3.63) is 21.6 Å². The van der Waals surface area contributed by atoms with Crippen LogP contribution in [-0.4, -0.2) is 35.3 Å². The van der Waals surface area contributed by atoms with Crippen LogP contribution < -0.4 is 16.6 Å². The number of amides is 1. The molecule has 0 aliphatic rings. The number of methoxy groups -OCH3 is 1. The van der Waals surface area contributed by atoms with Gasteiger partial charge in [-0.15, -0.1) is 0 Å². The van der Waals surface area contributed by atoms with E-state index in [0.29, 0.717) is 0 Å². The summed E-state index contributed by atoms with van der Waals surface area (Å²) in [5.74, 6) is -1.10. The predicted molar refractivity (Wildman–Crippen MR) is 77.0 cm³/mol. The maximum absolute atomic E-state index is 11.9. The number of anilines is 1. The molecule has 0 spiro atoms. The van der Waals surface area contributed by atoms with Gasteiger partial charge in [0, 0.05) is 6.54 Å². The van der Waals surface area contributed by atoms with Crippen molar-refractivity contribution < 1.29 is 14.3 Å². The van der Waals surface area contributed by atoms with Crippen molar-refractivity contribution >= 4 is 29.2 Å². The molecule has 0 atom stereocenters. The lowest BCUT2D eigenvalue weighted by Crippen LogP contribution is -2.38. The fourth-order valence-corrected chi connectivity index (χ4v) is 1.50. The number of nitrogens with zero attached hydrogens (tertiary/aromatic N) is 2. The summed E-state index contributed by atoms with van der Waals surface area (Å²) >= 11 is 5.93. The molecule has 1 heterocycles. The first-order valence-electron chi connectivity index (χ1n) is 6.05. The number of carbonyl (C=O) groups is 2. The molecule has 116 valence electrons. The van der Waals surface area contributed by atoms with Gasteiger partial charge in [0.1, 0.15) is 11.6 Å². The largest absolute Gasteiger partial charge is 0.468 e. The van der Waals surface area contributed by atoms with Gasteiger partial charge in [-0.3, -0.25) is 14.4 Å². The molecule has 0 unspecified atom stereocenters. The third-order valence-corrected chi connectivity index (χ3v) is 3.24. The minimum absolute atomic E-state index is 0.130. The Bertz CT molecular complexity index is 612. The Hall–Kier alpha value is -2.09. The number of hydrogen-bond donors (Lipinski definition) is 2. The first-order chi connectivity index (χ1) is 9.69. The van der Waals surface area contributed by atoms with Crippen LogP contribution in [0.2, 0.25) is 5.02 Å². The van der Waals surface area contributed by atoms with E-state index in [1.165, 1.54) is 13.3 Å². The number of nitrogens with one attached hydrogen (secondary N) is 1. The minimum Gasteiger partial charge on any atom is -0.468 e. The Kier molecular flexibility index (Phi) is 5.31. The molecule has 1 aromatic rings. The van der Waals surface area contributed by atoms with Crippen molar-refractivity contribution in [3.8, 4) is 0 Å². The summed E-state index contributed by atoms with van der Waals surface area (Å²) in [7, 11) is 1.21. The highest BCUT2D eigenvalue weighted by Gasteiger charge is 2.25. The molecule has 1 amide bonds. The summed E-state index contributed by atoms with van der Waals surface area (Å²) < 4.78 is 5.34. The quantitative estimate of drug-likeness (QED) is 0.713. The molecular formula is C12H17ClN4O4. The molecule has 1 aromatic heterocycles. The van der Waals surface area contributed by atoms with E-state index < -0.39 is 22.9 Å². The van der Waals surface area contributed by atoms with Crippen LogP contribution in [0.5, 0.6) is 0 Å². The zero-order valence-electron chi connectivity index (χ0n) is 12.0. The summed E-state index contributed by atoms with van der Waals surface area (Å²) in [6.07, 6.45) is 1.30. The lowest BCUT2D eigenvalue weighted by Gasteiger charge is -2.21. The van der Waals surface area contributed by atoms with E-state index in [-0.39, 0.29) is 23.8 Å². The van der Waals surface area contributed by atoms with Gasteiger partial charge in [0.25, 0.3) is 5.56 Å². The number of rotatable bonds is 6. The van der Waals surface area contributed by atoms with Gasteiger partial charge in [-0.25, -0.2) is 4.68 Å². The molecule has 21 heavy (non-hydrogen) atoms. The highest BCUT2D eigenvalue weighted by atomic mass is 35.5. The van der Waals surface area contributed by atoms with E-state index in [2.05, 4.69) is 15.2 Å². The molecule has 0 aliphatic heterocycles. The van der Waals surface area contributed by atoms with E-state index in [0.717, 1.165) is 4.68 Å². The van der Waals surface area contributed by atoms with Gasteiger partial charge in [-0.1, -0.05) is 11.6 Å². The Morgan fingerprint density at radius 2 is 2.14 bits per heavy atom. The maximum Gasteiger partial charge on any atom is 0.327 e.